The van der Waals surface area contributed by atoms with Crippen LogP contribution in [0.25, 0.3) is 0 Å². The first kappa shape index (κ1) is 14.0. The molecule has 5 nitrogen and oxygen atoms in total. The number of non-ortho nitro benzene ring substituents is 1. The first-order valence-corrected chi connectivity index (χ1v) is 6.67. The summed E-state index contributed by atoms with van der Waals surface area (Å²) in [6.45, 7) is 4.82. The second kappa shape index (κ2) is 6.12. The Bertz CT molecular complexity index is 440. The predicted molar refractivity (Wildman–Crippen MR) is 73.0 cm³/mol. The highest BCUT2D eigenvalue weighted by Gasteiger charge is 2.23. The van der Waals surface area contributed by atoms with E-state index in [1.165, 1.54) is 6.07 Å². The molecule has 1 N–H and O–H groups in total. The van der Waals surface area contributed by atoms with Crippen molar-refractivity contribution in [2.45, 2.75) is 51.5 Å². The first-order chi connectivity index (χ1) is 9.04. The monoisotopic (exact) mass is 264 g/mol. The number of rotatable bonds is 4. The third-order valence-electron chi connectivity index (χ3n) is 3.41. The van der Waals surface area contributed by atoms with Crippen molar-refractivity contribution in [2.75, 3.05) is 0 Å². The molecule has 0 aliphatic carbocycles. The van der Waals surface area contributed by atoms with Crippen LogP contribution in [-0.2, 0) is 11.3 Å². The lowest BCUT2D eigenvalue weighted by atomic mass is 9.99. The normalized spacial score (nSPS) is 27.2. The fourth-order valence-electron chi connectivity index (χ4n) is 2.61. The predicted octanol–water partition coefficient (Wildman–Crippen LogP) is 2.64. The Labute approximate surface area is 113 Å². The molecule has 19 heavy (non-hydrogen) atoms. The van der Waals surface area contributed by atoms with E-state index in [-0.39, 0.29) is 22.8 Å². The van der Waals surface area contributed by atoms with Crippen molar-refractivity contribution in [3.8, 4) is 0 Å². The van der Waals surface area contributed by atoms with E-state index in [0.717, 1.165) is 18.4 Å². The van der Waals surface area contributed by atoms with E-state index in [9.17, 15) is 10.1 Å². The van der Waals surface area contributed by atoms with Crippen LogP contribution in [0.4, 0.5) is 5.69 Å². The molecule has 0 spiro atoms. The van der Waals surface area contributed by atoms with Crippen LogP contribution in [0.5, 0.6) is 0 Å². The zero-order chi connectivity index (χ0) is 13.8. The molecule has 1 aromatic carbocycles. The molecule has 1 heterocycles. The van der Waals surface area contributed by atoms with E-state index in [1.807, 2.05) is 6.07 Å². The van der Waals surface area contributed by atoms with Crippen LogP contribution >= 0.6 is 0 Å². The highest BCUT2D eigenvalue weighted by molar-refractivity contribution is 5.34. The molecule has 0 aromatic heterocycles. The third-order valence-corrected chi connectivity index (χ3v) is 3.41. The van der Waals surface area contributed by atoms with Crippen molar-refractivity contribution in [2.24, 2.45) is 0 Å². The number of nitrogens with zero attached hydrogens (tertiary/aromatic N) is 1. The van der Waals surface area contributed by atoms with Gasteiger partial charge in [-0.2, -0.15) is 0 Å². The maximum absolute atomic E-state index is 10.7. The van der Waals surface area contributed by atoms with Crippen molar-refractivity contribution in [3.63, 3.8) is 0 Å². The quantitative estimate of drug-likeness (QED) is 0.670. The topological polar surface area (TPSA) is 64.4 Å². The van der Waals surface area contributed by atoms with Crippen LogP contribution in [0.1, 0.15) is 32.3 Å². The van der Waals surface area contributed by atoms with E-state index in [4.69, 9.17) is 4.74 Å². The van der Waals surface area contributed by atoms with Crippen molar-refractivity contribution in [3.05, 3.63) is 39.9 Å². The lowest BCUT2D eigenvalue weighted by molar-refractivity contribution is -0.384. The van der Waals surface area contributed by atoms with Gasteiger partial charge in [0.2, 0.25) is 0 Å². The van der Waals surface area contributed by atoms with E-state index >= 15 is 0 Å². The van der Waals surface area contributed by atoms with Gasteiger partial charge >= 0.3 is 0 Å². The second-order valence-corrected chi connectivity index (χ2v) is 5.23. The van der Waals surface area contributed by atoms with Gasteiger partial charge in [-0.3, -0.25) is 10.1 Å². The van der Waals surface area contributed by atoms with Crippen molar-refractivity contribution in [1.29, 1.82) is 0 Å². The SMILES string of the molecule is CC1CC(NCc2cccc([N+](=O)[O-])c2)CC(C)O1. The third kappa shape index (κ3) is 4.01. The van der Waals surface area contributed by atoms with Gasteiger partial charge in [0.15, 0.2) is 0 Å². The number of benzene rings is 1. The maximum atomic E-state index is 10.7. The highest BCUT2D eigenvalue weighted by atomic mass is 16.6. The average Bonchev–Trinajstić information content (AvgIpc) is 2.35. The van der Waals surface area contributed by atoms with Gasteiger partial charge in [-0.1, -0.05) is 12.1 Å². The average molecular weight is 264 g/mol. The van der Waals surface area contributed by atoms with Gasteiger partial charge in [0.1, 0.15) is 0 Å². The summed E-state index contributed by atoms with van der Waals surface area (Å²) < 4.78 is 5.69. The Morgan fingerprint density at radius 2 is 2.05 bits per heavy atom. The standard InChI is InChI=1S/C14H20N2O3/c1-10-6-13(7-11(2)19-10)15-9-12-4-3-5-14(8-12)16(17)18/h3-5,8,10-11,13,15H,6-7,9H2,1-2H3. The van der Waals surface area contributed by atoms with Crippen LogP contribution in [-0.4, -0.2) is 23.2 Å². The van der Waals surface area contributed by atoms with Crippen molar-refractivity contribution < 1.29 is 9.66 Å². The Morgan fingerprint density at radius 3 is 2.68 bits per heavy atom. The Balaban J connectivity index is 1.91. The van der Waals surface area contributed by atoms with Gasteiger partial charge in [-0.05, 0) is 32.3 Å². The summed E-state index contributed by atoms with van der Waals surface area (Å²) in [5, 5.41) is 14.2. The maximum Gasteiger partial charge on any atom is 0.269 e. The highest BCUT2D eigenvalue weighted by Crippen LogP contribution is 2.20. The molecule has 2 rings (SSSR count). The number of nitro groups is 1. The smallest absolute Gasteiger partial charge is 0.269 e. The van der Waals surface area contributed by atoms with Gasteiger partial charge in [0, 0.05) is 24.7 Å². The summed E-state index contributed by atoms with van der Waals surface area (Å²) in [6, 6.07) is 7.19. The minimum absolute atomic E-state index is 0.146. The van der Waals surface area contributed by atoms with Gasteiger partial charge in [-0.25, -0.2) is 0 Å². The van der Waals surface area contributed by atoms with Gasteiger partial charge in [0.25, 0.3) is 5.69 Å². The van der Waals surface area contributed by atoms with Crippen LogP contribution < -0.4 is 5.32 Å². The summed E-state index contributed by atoms with van der Waals surface area (Å²) in [6.07, 6.45) is 2.51. The molecule has 0 saturated carbocycles. The minimum Gasteiger partial charge on any atom is -0.375 e. The zero-order valence-electron chi connectivity index (χ0n) is 11.3. The molecular formula is C14H20N2O3. The summed E-state index contributed by atoms with van der Waals surface area (Å²) in [5.41, 5.74) is 1.09. The van der Waals surface area contributed by atoms with E-state index in [1.54, 1.807) is 12.1 Å². The molecule has 0 amide bonds. The van der Waals surface area contributed by atoms with Crippen LogP contribution in [0.3, 0.4) is 0 Å². The molecule has 0 bridgehead atoms. The van der Waals surface area contributed by atoms with Gasteiger partial charge in [0.05, 0.1) is 17.1 Å². The lowest BCUT2D eigenvalue weighted by Gasteiger charge is -2.32. The summed E-state index contributed by atoms with van der Waals surface area (Å²) in [7, 11) is 0. The van der Waals surface area contributed by atoms with Crippen LogP contribution in [0, 0.1) is 10.1 Å². The molecule has 1 aliphatic heterocycles. The molecule has 0 radical (unpaired) electrons. The Morgan fingerprint density at radius 1 is 1.37 bits per heavy atom. The fourth-order valence-corrected chi connectivity index (χ4v) is 2.61. The van der Waals surface area contributed by atoms with Crippen LogP contribution in [0.2, 0.25) is 0 Å². The van der Waals surface area contributed by atoms with E-state index in [2.05, 4.69) is 19.2 Å². The lowest BCUT2D eigenvalue weighted by Crippen LogP contribution is -2.40. The Hall–Kier alpha value is -1.46. The summed E-state index contributed by atoms with van der Waals surface area (Å²) in [4.78, 5) is 10.4. The molecule has 5 heteroatoms. The molecular weight excluding hydrogens is 244 g/mol. The molecule has 2 atom stereocenters. The largest absolute Gasteiger partial charge is 0.375 e. The van der Waals surface area contributed by atoms with Crippen molar-refractivity contribution >= 4 is 5.69 Å². The number of hydrogen-bond acceptors (Lipinski definition) is 4. The molecule has 1 aliphatic rings. The first-order valence-electron chi connectivity index (χ1n) is 6.67. The Kier molecular flexibility index (Phi) is 4.50. The fraction of sp³-hybridized carbons (Fsp3) is 0.571. The number of ether oxygens (including phenoxy) is 1. The van der Waals surface area contributed by atoms with E-state index in [0.29, 0.717) is 12.6 Å². The van der Waals surface area contributed by atoms with Crippen LogP contribution in [0.15, 0.2) is 24.3 Å². The van der Waals surface area contributed by atoms with Gasteiger partial charge < -0.3 is 10.1 Å². The van der Waals surface area contributed by atoms with E-state index < -0.39 is 0 Å². The number of nitro benzene ring substituents is 1. The molecule has 2 unspecified atom stereocenters. The minimum atomic E-state index is -0.359. The number of nitrogens with one attached hydrogen (secondary N) is 1. The molecule has 1 saturated heterocycles. The summed E-state index contributed by atoms with van der Waals surface area (Å²) in [5.74, 6) is 0. The zero-order valence-corrected chi connectivity index (χ0v) is 11.3. The number of hydrogen-bond donors (Lipinski definition) is 1. The molecule has 104 valence electrons. The van der Waals surface area contributed by atoms with Gasteiger partial charge in [-0.15, -0.1) is 0 Å². The molecule has 1 fully saturated rings. The second-order valence-electron chi connectivity index (χ2n) is 5.23. The van der Waals surface area contributed by atoms with Crippen molar-refractivity contribution in [1.82, 2.24) is 5.32 Å². The molecule has 1 aromatic rings. The summed E-state index contributed by atoms with van der Waals surface area (Å²) >= 11 is 0.